The van der Waals surface area contributed by atoms with Crippen molar-refractivity contribution in [1.82, 2.24) is 5.32 Å². The summed E-state index contributed by atoms with van der Waals surface area (Å²) in [4.78, 5) is 22.3. The SMILES string of the molecule is C=C(CC(C)NC(=O)OCc1ccccc1)C(N)=O. The Morgan fingerprint density at radius 1 is 1.37 bits per heavy atom. The van der Waals surface area contributed by atoms with E-state index in [1.807, 2.05) is 30.3 Å². The Kier molecular flexibility index (Phi) is 5.60. The van der Waals surface area contributed by atoms with Crippen molar-refractivity contribution in [2.75, 3.05) is 0 Å². The fourth-order valence-electron chi connectivity index (χ4n) is 1.49. The average Bonchev–Trinajstić information content (AvgIpc) is 2.37. The lowest BCUT2D eigenvalue weighted by atomic mass is 10.1. The highest BCUT2D eigenvalue weighted by Crippen LogP contribution is 2.04. The number of carbonyl (C=O) groups excluding carboxylic acids is 2. The molecule has 0 aromatic heterocycles. The minimum absolute atomic E-state index is 0.205. The van der Waals surface area contributed by atoms with Crippen LogP contribution in [0.25, 0.3) is 0 Å². The Bertz CT molecular complexity index is 457. The highest BCUT2D eigenvalue weighted by molar-refractivity contribution is 5.91. The number of carbonyl (C=O) groups is 2. The number of alkyl carbamates (subject to hydrolysis) is 1. The summed E-state index contributed by atoms with van der Waals surface area (Å²) < 4.78 is 5.04. The molecule has 0 bridgehead atoms. The minimum Gasteiger partial charge on any atom is -0.445 e. The molecule has 1 rings (SSSR count). The molecule has 1 unspecified atom stereocenters. The molecule has 0 aliphatic rings. The molecule has 1 atom stereocenters. The van der Waals surface area contributed by atoms with E-state index in [1.54, 1.807) is 6.92 Å². The maximum absolute atomic E-state index is 11.5. The van der Waals surface area contributed by atoms with E-state index < -0.39 is 12.0 Å². The summed E-state index contributed by atoms with van der Waals surface area (Å²) in [7, 11) is 0. The normalized spacial score (nSPS) is 11.4. The first kappa shape index (κ1) is 14.8. The average molecular weight is 262 g/mol. The van der Waals surface area contributed by atoms with E-state index in [0.29, 0.717) is 6.42 Å². The van der Waals surface area contributed by atoms with Gasteiger partial charge in [0.05, 0.1) is 0 Å². The predicted octanol–water partition coefficient (Wildman–Crippen LogP) is 1.73. The fraction of sp³-hybridized carbons (Fsp3) is 0.286. The van der Waals surface area contributed by atoms with Crippen molar-refractivity contribution in [1.29, 1.82) is 0 Å². The van der Waals surface area contributed by atoms with E-state index in [2.05, 4.69) is 11.9 Å². The van der Waals surface area contributed by atoms with Crippen molar-refractivity contribution in [2.24, 2.45) is 5.73 Å². The quantitative estimate of drug-likeness (QED) is 0.766. The van der Waals surface area contributed by atoms with Crippen molar-refractivity contribution in [2.45, 2.75) is 26.0 Å². The Hall–Kier alpha value is -2.30. The predicted molar refractivity (Wildman–Crippen MR) is 72.2 cm³/mol. The van der Waals surface area contributed by atoms with Crippen LogP contribution >= 0.6 is 0 Å². The second-order valence-corrected chi connectivity index (χ2v) is 4.28. The van der Waals surface area contributed by atoms with Crippen molar-refractivity contribution in [3.05, 3.63) is 48.0 Å². The number of rotatable bonds is 6. The van der Waals surface area contributed by atoms with Gasteiger partial charge in [0.25, 0.3) is 0 Å². The Morgan fingerprint density at radius 3 is 2.58 bits per heavy atom. The van der Waals surface area contributed by atoms with Gasteiger partial charge >= 0.3 is 6.09 Å². The van der Waals surface area contributed by atoms with Crippen LogP contribution in [-0.2, 0) is 16.1 Å². The summed E-state index contributed by atoms with van der Waals surface area (Å²) in [5.74, 6) is -0.564. The third kappa shape index (κ3) is 5.72. The molecule has 0 aliphatic heterocycles. The van der Waals surface area contributed by atoms with E-state index >= 15 is 0 Å². The number of ether oxygens (including phenoxy) is 1. The fourth-order valence-corrected chi connectivity index (χ4v) is 1.49. The molecule has 0 saturated carbocycles. The van der Waals surface area contributed by atoms with Gasteiger partial charge in [0.2, 0.25) is 5.91 Å². The molecule has 0 saturated heterocycles. The van der Waals surface area contributed by atoms with Crippen molar-refractivity contribution >= 4 is 12.0 Å². The molecule has 19 heavy (non-hydrogen) atoms. The van der Waals surface area contributed by atoms with Gasteiger partial charge in [-0.05, 0) is 18.9 Å². The topological polar surface area (TPSA) is 81.4 Å². The third-order valence-corrected chi connectivity index (χ3v) is 2.48. The molecule has 0 radical (unpaired) electrons. The van der Waals surface area contributed by atoms with Gasteiger partial charge in [-0.1, -0.05) is 36.9 Å². The molecular weight excluding hydrogens is 244 g/mol. The third-order valence-electron chi connectivity index (χ3n) is 2.48. The van der Waals surface area contributed by atoms with Gasteiger partial charge < -0.3 is 15.8 Å². The van der Waals surface area contributed by atoms with Gasteiger partial charge in [0, 0.05) is 11.6 Å². The van der Waals surface area contributed by atoms with Crippen LogP contribution in [0.5, 0.6) is 0 Å². The standard InChI is InChI=1S/C14H18N2O3/c1-10(13(15)17)8-11(2)16-14(18)19-9-12-6-4-3-5-7-12/h3-7,11H,1,8-9H2,2H3,(H2,15,17)(H,16,18). The van der Waals surface area contributed by atoms with E-state index in [0.717, 1.165) is 5.56 Å². The largest absolute Gasteiger partial charge is 0.445 e. The molecule has 102 valence electrons. The highest BCUT2D eigenvalue weighted by atomic mass is 16.5. The number of nitrogens with one attached hydrogen (secondary N) is 1. The summed E-state index contributed by atoms with van der Waals surface area (Å²) >= 11 is 0. The molecule has 1 aromatic carbocycles. The van der Waals surface area contributed by atoms with Crippen LogP contribution in [0, 0.1) is 0 Å². The van der Waals surface area contributed by atoms with E-state index in [-0.39, 0.29) is 18.2 Å². The number of amides is 2. The molecule has 3 N–H and O–H groups in total. The van der Waals surface area contributed by atoms with Crippen LogP contribution in [-0.4, -0.2) is 18.0 Å². The van der Waals surface area contributed by atoms with Crippen LogP contribution < -0.4 is 11.1 Å². The van der Waals surface area contributed by atoms with Gasteiger partial charge in [-0.3, -0.25) is 4.79 Å². The van der Waals surface area contributed by atoms with Crippen molar-refractivity contribution in [3.8, 4) is 0 Å². The summed E-state index contributed by atoms with van der Waals surface area (Å²) in [5, 5.41) is 2.61. The number of hydrogen-bond donors (Lipinski definition) is 2. The monoisotopic (exact) mass is 262 g/mol. The van der Waals surface area contributed by atoms with Gasteiger partial charge in [-0.15, -0.1) is 0 Å². The van der Waals surface area contributed by atoms with Crippen LogP contribution in [0.1, 0.15) is 18.9 Å². The van der Waals surface area contributed by atoms with Crippen molar-refractivity contribution in [3.63, 3.8) is 0 Å². The lowest BCUT2D eigenvalue weighted by Gasteiger charge is -2.14. The molecule has 5 heteroatoms. The maximum Gasteiger partial charge on any atom is 0.407 e. The molecule has 0 aliphatic carbocycles. The van der Waals surface area contributed by atoms with Gasteiger partial charge in [-0.2, -0.15) is 0 Å². The number of primary amides is 1. The molecule has 5 nitrogen and oxygen atoms in total. The zero-order valence-electron chi connectivity index (χ0n) is 10.9. The highest BCUT2D eigenvalue weighted by Gasteiger charge is 2.12. The maximum atomic E-state index is 11.5. The molecular formula is C14H18N2O3. The Morgan fingerprint density at radius 2 is 2.00 bits per heavy atom. The Balaban J connectivity index is 2.31. The lowest BCUT2D eigenvalue weighted by Crippen LogP contribution is -2.34. The summed E-state index contributed by atoms with van der Waals surface area (Å²) in [6.45, 7) is 5.48. The molecule has 0 spiro atoms. The number of nitrogens with two attached hydrogens (primary N) is 1. The lowest BCUT2D eigenvalue weighted by molar-refractivity contribution is -0.114. The van der Waals surface area contributed by atoms with Crippen LogP contribution in [0.4, 0.5) is 4.79 Å². The number of benzene rings is 1. The van der Waals surface area contributed by atoms with Crippen LogP contribution in [0.2, 0.25) is 0 Å². The van der Waals surface area contributed by atoms with Gasteiger partial charge in [0.1, 0.15) is 6.61 Å². The van der Waals surface area contributed by atoms with Crippen LogP contribution in [0.3, 0.4) is 0 Å². The zero-order valence-corrected chi connectivity index (χ0v) is 10.9. The number of hydrogen-bond acceptors (Lipinski definition) is 3. The first-order valence-corrected chi connectivity index (χ1v) is 5.94. The van der Waals surface area contributed by atoms with E-state index in [4.69, 9.17) is 10.5 Å². The van der Waals surface area contributed by atoms with E-state index in [1.165, 1.54) is 0 Å². The zero-order chi connectivity index (χ0) is 14.3. The molecule has 0 fully saturated rings. The van der Waals surface area contributed by atoms with Gasteiger partial charge in [-0.25, -0.2) is 4.79 Å². The first-order valence-electron chi connectivity index (χ1n) is 5.94. The summed E-state index contributed by atoms with van der Waals surface area (Å²) in [6, 6.07) is 9.10. The van der Waals surface area contributed by atoms with E-state index in [9.17, 15) is 9.59 Å². The Labute approximate surface area is 112 Å². The second-order valence-electron chi connectivity index (χ2n) is 4.28. The van der Waals surface area contributed by atoms with Gasteiger partial charge in [0.15, 0.2) is 0 Å². The van der Waals surface area contributed by atoms with Crippen molar-refractivity contribution < 1.29 is 14.3 Å². The second kappa shape index (κ2) is 7.20. The van der Waals surface area contributed by atoms with Crippen LogP contribution in [0.15, 0.2) is 42.5 Å². The smallest absolute Gasteiger partial charge is 0.407 e. The first-order chi connectivity index (χ1) is 8.99. The summed E-state index contributed by atoms with van der Waals surface area (Å²) in [5.41, 5.74) is 6.25. The minimum atomic E-state index is -0.564. The molecule has 2 amide bonds. The molecule has 0 heterocycles. The molecule has 1 aromatic rings. The summed E-state index contributed by atoms with van der Waals surface area (Å²) in [6.07, 6.45) is -0.232.